The lowest BCUT2D eigenvalue weighted by atomic mass is 9.98. The summed E-state index contributed by atoms with van der Waals surface area (Å²) < 4.78 is 62.7. The number of amides is 1. The van der Waals surface area contributed by atoms with E-state index in [0.29, 0.717) is 53.2 Å². The van der Waals surface area contributed by atoms with Gasteiger partial charge in [0.2, 0.25) is 0 Å². The number of likely N-dealkylation sites (N-methyl/N-ethyl adjacent to an activating group) is 1. The maximum atomic E-state index is 14.0. The van der Waals surface area contributed by atoms with Crippen LogP contribution in [0.3, 0.4) is 0 Å². The number of rotatable bonds is 16. The van der Waals surface area contributed by atoms with Gasteiger partial charge in [-0.15, -0.1) is 0 Å². The normalized spacial score (nSPS) is 14.7. The van der Waals surface area contributed by atoms with E-state index in [-0.39, 0.29) is 39.8 Å². The van der Waals surface area contributed by atoms with Crippen molar-refractivity contribution < 1.29 is 45.3 Å². The molecule has 0 saturated carbocycles. The number of carbonyl (C=O) groups is 2. The monoisotopic (exact) mass is 861 g/mol. The topological polar surface area (TPSA) is 144 Å². The number of benzene rings is 2. The van der Waals surface area contributed by atoms with E-state index >= 15 is 0 Å². The van der Waals surface area contributed by atoms with Crippen LogP contribution in [0, 0.1) is 0 Å². The molecule has 0 bridgehead atoms. The summed E-state index contributed by atoms with van der Waals surface area (Å²) in [6.07, 6.45) is 0.0335. The molecule has 58 heavy (non-hydrogen) atoms. The lowest BCUT2D eigenvalue weighted by Crippen LogP contribution is -2.49. The first-order valence-corrected chi connectivity index (χ1v) is 27.6. The van der Waals surface area contributed by atoms with Crippen LogP contribution in [-0.2, 0) is 30.3 Å². The van der Waals surface area contributed by atoms with Gasteiger partial charge in [-0.25, -0.2) is 9.36 Å². The second-order valence-electron chi connectivity index (χ2n) is 19.2. The molecule has 1 aliphatic rings. The van der Waals surface area contributed by atoms with Crippen LogP contribution in [0.15, 0.2) is 30.3 Å². The molecule has 3 aromatic rings. The zero-order valence-electron chi connectivity index (χ0n) is 37.6. The van der Waals surface area contributed by atoms with Gasteiger partial charge in [0.25, 0.3) is 5.91 Å². The van der Waals surface area contributed by atoms with Gasteiger partial charge in [-0.2, -0.15) is 8.42 Å². The molecule has 4 rings (SSSR count). The molecule has 1 amide bonds. The summed E-state index contributed by atoms with van der Waals surface area (Å²) in [7, 11) is -6.69. The van der Waals surface area contributed by atoms with Crippen LogP contribution in [-0.4, -0.2) is 104 Å². The zero-order chi connectivity index (χ0) is 43.8. The van der Waals surface area contributed by atoms with Crippen molar-refractivity contribution in [3.63, 3.8) is 0 Å². The highest BCUT2D eigenvalue weighted by Crippen LogP contribution is 2.45. The maximum absolute atomic E-state index is 14.0. The van der Waals surface area contributed by atoms with Crippen molar-refractivity contribution in [2.24, 2.45) is 0 Å². The first kappa shape index (κ1) is 47.3. The van der Waals surface area contributed by atoms with Gasteiger partial charge in [-0.1, -0.05) is 48.5 Å². The number of methoxy groups -OCH3 is 1. The highest BCUT2D eigenvalue weighted by atomic mass is 32.2. The first-order chi connectivity index (χ1) is 26.5. The largest absolute Gasteiger partial charge is 0.493 e. The Kier molecular flexibility index (Phi) is 14.1. The molecule has 324 valence electrons. The van der Waals surface area contributed by atoms with Gasteiger partial charge in [0.05, 0.1) is 36.2 Å². The summed E-state index contributed by atoms with van der Waals surface area (Å²) in [5, 5.41) is 3.53. The fourth-order valence-electron chi connectivity index (χ4n) is 6.18. The number of nitrogens with zero attached hydrogens (tertiary/aromatic N) is 2. The lowest BCUT2D eigenvalue weighted by molar-refractivity contribution is 0.0546. The number of carbonyl (C=O) groups excluding carboxylic acids is 2. The Morgan fingerprint density at radius 2 is 1.60 bits per heavy atom. The van der Waals surface area contributed by atoms with E-state index in [1.165, 1.54) is 17.7 Å². The van der Waals surface area contributed by atoms with Gasteiger partial charge in [0, 0.05) is 42.8 Å². The van der Waals surface area contributed by atoms with Crippen molar-refractivity contribution in [3.05, 3.63) is 41.5 Å². The van der Waals surface area contributed by atoms with E-state index < -0.39 is 44.4 Å². The van der Waals surface area contributed by atoms with Gasteiger partial charge in [-0.05, 0) is 93.9 Å². The Labute approximate surface area is 348 Å². The van der Waals surface area contributed by atoms with Crippen molar-refractivity contribution in [1.82, 2.24) is 14.8 Å². The summed E-state index contributed by atoms with van der Waals surface area (Å²) >= 11 is 0. The van der Waals surface area contributed by atoms with Crippen molar-refractivity contribution in [3.8, 4) is 28.5 Å². The van der Waals surface area contributed by atoms with Crippen molar-refractivity contribution in [2.45, 2.75) is 124 Å². The van der Waals surface area contributed by atoms with Crippen LogP contribution >= 0.6 is 0 Å². The molecule has 0 fully saturated rings. The molecular formula is C42H67N3O10SSi2. The minimum Gasteiger partial charge on any atom is -0.493 e. The third kappa shape index (κ3) is 11.2. The molecular weight excluding hydrogens is 795 g/mol. The average molecular weight is 862 g/mol. The van der Waals surface area contributed by atoms with Gasteiger partial charge in [0.1, 0.15) is 18.0 Å². The second kappa shape index (κ2) is 17.3. The van der Waals surface area contributed by atoms with Crippen molar-refractivity contribution in [1.29, 1.82) is 0 Å². The molecule has 1 aromatic heterocycles. The highest BCUT2D eigenvalue weighted by molar-refractivity contribution is 7.86. The summed E-state index contributed by atoms with van der Waals surface area (Å²) in [6, 6.07) is 8.75. The number of hydrogen-bond acceptors (Lipinski definition) is 11. The Morgan fingerprint density at radius 3 is 2.16 bits per heavy atom. The molecule has 1 N–H and O–H groups in total. The summed E-state index contributed by atoms with van der Waals surface area (Å²) in [6.45, 7) is 33.2. The molecule has 0 radical (unpaired) electrons. The van der Waals surface area contributed by atoms with Gasteiger partial charge < -0.3 is 32.6 Å². The Hall–Kier alpha value is -3.42. The van der Waals surface area contributed by atoms with E-state index in [1.807, 2.05) is 12.1 Å². The van der Waals surface area contributed by atoms with E-state index in [2.05, 4.69) is 84.9 Å². The van der Waals surface area contributed by atoms with Gasteiger partial charge in [0.15, 0.2) is 28.1 Å². The van der Waals surface area contributed by atoms with E-state index in [9.17, 15) is 18.0 Å². The van der Waals surface area contributed by atoms with Crippen molar-refractivity contribution in [2.75, 3.05) is 46.2 Å². The van der Waals surface area contributed by atoms with Crippen LogP contribution in [0.1, 0.15) is 85.2 Å². The summed E-state index contributed by atoms with van der Waals surface area (Å²) in [5.74, 6) is 0.126. The van der Waals surface area contributed by atoms with Crippen LogP contribution in [0.2, 0.25) is 36.3 Å². The molecule has 2 aromatic carbocycles. The molecule has 1 atom stereocenters. The number of aromatic nitrogens is 1. The zero-order valence-corrected chi connectivity index (χ0v) is 40.4. The minimum atomic E-state index is -3.97. The maximum Gasteiger partial charge on any atom is 0.419 e. The Bertz CT molecular complexity index is 2090. The molecule has 1 unspecified atom stereocenters. The Balaban J connectivity index is 1.75. The number of hydrogen-bond donors (Lipinski definition) is 1. The molecule has 13 nitrogen and oxygen atoms in total. The second-order valence-corrected chi connectivity index (χ2v) is 30.3. The first-order valence-electron chi connectivity index (χ1n) is 20.0. The Morgan fingerprint density at radius 1 is 0.966 bits per heavy atom. The van der Waals surface area contributed by atoms with Gasteiger partial charge >= 0.3 is 16.2 Å². The van der Waals surface area contributed by atoms with E-state index in [0.717, 1.165) is 19.3 Å². The predicted molar refractivity (Wildman–Crippen MR) is 235 cm³/mol. The van der Waals surface area contributed by atoms with Crippen LogP contribution in [0.5, 0.6) is 17.2 Å². The summed E-state index contributed by atoms with van der Waals surface area (Å²) in [4.78, 5) is 29.7. The number of ether oxygens (including phenoxy) is 3. The number of nitrogens with one attached hydrogen (secondary N) is 1. The van der Waals surface area contributed by atoms with Crippen LogP contribution in [0.4, 0.5) is 4.79 Å². The van der Waals surface area contributed by atoms with E-state index in [1.54, 1.807) is 32.9 Å². The molecule has 1 aliphatic heterocycles. The molecule has 2 heterocycles. The summed E-state index contributed by atoms with van der Waals surface area (Å²) in [5.41, 5.74) is 0.844. The van der Waals surface area contributed by atoms with Crippen LogP contribution in [0.25, 0.3) is 22.2 Å². The molecule has 16 heteroatoms. The third-order valence-electron chi connectivity index (χ3n) is 11.4. The quantitative estimate of drug-likeness (QED) is 0.109. The SMILES string of the molecule is CCN(CCO[Si](C)(C)C(C)(C)C)CC(COc1ccc2c(c1)cc(-c1cc(OC)c(OS(C)(=O)=O)c3c1C(=O)NC3)n2C(=O)OC(C)(C)C)O[Si](C)(C)C(C)(C)C. The van der Waals surface area contributed by atoms with Gasteiger partial charge in [-0.3, -0.25) is 9.69 Å². The minimum absolute atomic E-state index is 0.00506. The molecule has 0 spiro atoms. The predicted octanol–water partition coefficient (Wildman–Crippen LogP) is 8.79. The van der Waals surface area contributed by atoms with E-state index in [4.69, 9.17) is 27.2 Å². The smallest absolute Gasteiger partial charge is 0.419 e. The van der Waals surface area contributed by atoms with Crippen LogP contribution < -0.4 is 19.0 Å². The fraction of sp³-hybridized carbons (Fsp3) is 0.619. The standard InChI is InChI=1S/C42H67N3O10SSi2/c1-17-44(20-21-52-57(13,14)41(5,6)7)26-30(55-58(15,16)42(8,9)10)27-51-29-18-19-33-28(22-29)23-34(45(33)39(47)53-40(2,3)4)31-24-35(50-11)37(54-56(12,48)49)32-25-43-38(46)36(31)32/h18-19,22-24,30H,17,20-21,25-27H2,1-16H3,(H,43,46). The molecule has 0 saturated heterocycles. The van der Waals surface area contributed by atoms with Crippen molar-refractivity contribution >= 4 is 49.7 Å². The fourth-order valence-corrected chi connectivity index (χ4v) is 9.03. The third-order valence-corrected chi connectivity index (χ3v) is 20.9. The lowest BCUT2D eigenvalue weighted by Gasteiger charge is -2.40. The molecule has 0 aliphatic carbocycles. The average Bonchev–Trinajstić information content (AvgIpc) is 3.65. The number of fused-ring (bicyclic) bond motifs is 2. The highest BCUT2D eigenvalue weighted by Gasteiger charge is 2.40.